The van der Waals surface area contributed by atoms with Crippen LogP contribution in [-0.2, 0) is 11.2 Å². The lowest BCUT2D eigenvalue weighted by molar-refractivity contribution is 0.0600. The number of carbonyl (C=O) groups is 1. The first kappa shape index (κ1) is 15.2. The highest BCUT2D eigenvalue weighted by atomic mass is 35.5. The molecular weight excluding hydrogens is 294 g/mol. The monoisotopic (exact) mass is 307 g/mol. The van der Waals surface area contributed by atoms with Crippen molar-refractivity contribution < 1.29 is 14.3 Å². The minimum absolute atomic E-state index is 0.0923. The zero-order valence-corrected chi connectivity index (χ0v) is 12.4. The molecule has 7 heteroatoms. The van der Waals surface area contributed by atoms with Gasteiger partial charge < -0.3 is 9.47 Å². The summed E-state index contributed by atoms with van der Waals surface area (Å²) in [6.07, 6.45) is 0.462. The second kappa shape index (κ2) is 6.99. The van der Waals surface area contributed by atoms with Crippen molar-refractivity contribution in [1.82, 2.24) is 15.0 Å². The van der Waals surface area contributed by atoms with Crippen LogP contribution >= 0.6 is 11.6 Å². The number of carbonyl (C=O) groups excluding carboxylic acids is 1. The van der Waals surface area contributed by atoms with Gasteiger partial charge >= 0.3 is 12.0 Å². The van der Waals surface area contributed by atoms with E-state index in [1.54, 1.807) is 12.1 Å². The summed E-state index contributed by atoms with van der Waals surface area (Å²) in [6.45, 7) is 2.29. The van der Waals surface area contributed by atoms with Crippen LogP contribution in [0.4, 0.5) is 0 Å². The van der Waals surface area contributed by atoms with Crippen LogP contribution in [0.3, 0.4) is 0 Å². The average Bonchev–Trinajstić information content (AvgIpc) is 2.47. The number of methoxy groups -OCH3 is 1. The molecule has 0 bridgehead atoms. The highest BCUT2D eigenvalue weighted by molar-refractivity contribution is 6.28. The van der Waals surface area contributed by atoms with Crippen LogP contribution in [-0.4, -0.2) is 34.6 Å². The molecule has 0 saturated carbocycles. The summed E-state index contributed by atoms with van der Waals surface area (Å²) in [5.74, 6) is 0.132. The van der Waals surface area contributed by atoms with Crippen LogP contribution in [0.15, 0.2) is 24.3 Å². The normalized spacial score (nSPS) is 10.2. The lowest BCUT2D eigenvalue weighted by Gasteiger charge is -2.05. The molecule has 0 N–H and O–H groups in total. The van der Waals surface area contributed by atoms with E-state index in [-0.39, 0.29) is 17.3 Å². The standard InChI is InChI=1S/C14H14ClN3O3/c1-3-21-14-17-11(16-13(15)18-14)8-9-4-6-10(7-5-9)12(19)20-2/h4-7H,3,8H2,1-2H3. The Morgan fingerprint density at radius 2 is 1.90 bits per heavy atom. The molecule has 1 heterocycles. The summed E-state index contributed by atoms with van der Waals surface area (Å²) in [7, 11) is 1.35. The summed E-state index contributed by atoms with van der Waals surface area (Å²) in [5.41, 5.74) is 1.43. The number of esters is 1. The van der Waals surface area contributed by atoms with E-state index >= 15 is 0 Å². The van der Waals surface area contributed by atoms with Crippen molar-refractivity contribution in [3.05, 3.63) is 46.5 Å². The van der Waals surface area contributed by atoms with E-state index in [0.717, 1.165) is 5.56 Å². The molecule has 0 fully saturated rings. The van der Waals surface area contributed by atoms with E-state index in [0.29, 0.717) is 24.4 Å². The summed E-state index contributed by atoms with van der Waals surface area (Å²) >= 11 is 5.83. The lowest BCUT2D eigenvalue weighted by Crippen LogP contribution is -2.05. The molecule has 0 aliphatic carbocycles. The molecule has 1 aromatic carbocycles. The van der Waals surface area contributed by atoms with Gasteiger partial charge in [-0.3, -0.25) is 0 Å². The van der Waals surface area contributed by atoms with Crippen molar-refractivity contribution in [2.45, 2.75) is 13.3 Å². The molecule has 0 saturated heterocycles. The number of benzene rings is 1. The Balaban J connectivity index is 2.16. The Hall–Kier alpha value is -2.21. The van der Waals surface area contributed by atoms with Crippen LogP contribution in [0.2, 0.25) is 5.28 Å². The fourth-order valence-electron chi connectivity index (χ4n) is 1.70. The van der Waals surface area contributed by atoms with Crippen molar-refractivity contribution in [2.75, 3.05) is 13.7 Å². The number of hydrogen-bond donors (Lipinski definition) is 0. The molecule has 21 heavy (non-hydrogen) atoms. The zero-order chi connectivity index (χ0) is 15.2. The number of aromatic nitrogens is 3. The Morgan fingerprint density at radius 3 is 2.52 bits per heavy atom. The molecule has 2 aromatic rings. The third-order valence-corrected chi connectivity index (χ3v) is 2.81. The molecule has 0 aliphatic rings. The van der Waals surface area contributed by atoms with Gasteiger partial charge in [-0.1, -0.05) is 12.1 Å². The summed E-state index contributed by atoms with van der Waals surface area (Å²) in [4.78, 5) is 23.5. The second-order valence-corrected chi connectivity index (χ2v) is 4.44. The SMILES string of the molecule is CCOc1nc(Cl)nc(Cc2ccc(C(=O)OC)cc2)n1. The summed E-state index contributed by atoms with van der Waals surface area (Å²) < 4.78 is 9.87. The predicted octanol–water partition coefficient (Wildman–Crippen LogP) is 2.30. The fourth-order valence-corrected chi connectivity index (χ4v) is 1.87. The first-order valence-electron chi connectivity index (χ1n) is 6.33. The van der Waals surface area contributed by atoms with Crippen LogP contribution in [0.25, 0.3) is 0 Å². The maximum Gasteiger partial charge on any atom is 0.337 e. The molecule has 0 spiro atoms. The molecule has 2 rings (SSSR count). The Labute approximate surface area is 127 Å². The van der Waals surface area contributed by atoms with Crippen LogP contribution in [0, 0.1) is 0 Å². The molecular formula is C14H14ClN3O3. The van der Waals surface area contributed by atoms with E-state index in [4.69, 9.17) is 16.3 Å². The Kier molecular flexibility index (Phi) is 5.05. The van der Waals surface area contributed by atoms with Crippen molar-refractivity contribution in [1.29, 1.82) is 0 Å². The molecule has 0 amide bonds. The minimum Gasteiger partial charge on any atom is -0.465 e. The van der Waals surface area contributed by atoms with Gasteiger partial charge in [0, 0.05) is 6.42 Å². The summed E-state index contributed by atoms with van der Waals surface area (Å²) in [5, 5.41) is 0.0923. The predicted molar refractivity (Wildman–Crippen MR) is 76.6 cm³/mol. The molecule has 110 valence electrons. The van der Waals surface area contributed by atoms with Gasteiger partial charge in [0.2, 0.25) is 5.28 Å². The van der Waals surface area contributed by atoms with Crippen molar-refractivity contribution in [2.24, 2.45) is 0 Å². The van der Waals surface area contributed by atoms with Crippen LogP contribution < -0.4 is 4.74 Å². The lowest BCUT2D eigenvalue weighted by atomic mass is 10.1. The molecule has 0 atom stereocenters. The average molecular weight is 308 g/mol. The smallest absolute Gasteiger partial charge is 0.337 e. The second-order valence-electron chi connectivity index (χ2n) is 4.10. The maximum absolute atomic E-state index is 11.4. The number of rotatable bonds is 5. The van der Waals surface area contributed by atoms with Gasteiger partial charge in [-0.05, 0) is 36.2 Å². The first-order valence-corrected chi connectivity index (χ1v) is 6.70. The van der Waals surface area contributed by atoms with E-state index in [2.05, 4.69) is 19.7 Å². The van der Waals surface area contributed by atoms with Crippen LogP contribution in [0.5, 0.6) is 6.01 Å². The molecule has 0 radical (unpaired) electrons. The Bertz CT molecular complexity index is 632. The number of nitrogens with zero attached hydrogens (tertiary/aromatic N) is 3. The third-order valence-electron chi connectivity index (χ3n) is 2.64. The van der Waals surface area contributed by atoms with E-state index in [1.165, 1.54) is 7.11 Å². The van der Waals surface area contributed by atoms with Gasteiger partial charge in [-0.25, -0.2) is 9.78 Å². The van der Waals surface area contributed by atoms with E-state index < -0.39 is 0 Å². The first-order chi connectivity index (χ1) is 10.1. The highest BCUT2D eigenvalue weighted by Gasteiger charge is 2.08. The van der Waals surface area contributed by atoms with E-state index in [9.17, 15) is 4.79 Å². The zero-order valence-electron chi connectivity index (χ0n) is 11.7. The van der Waals surface area contributed by atoms with Gasteiger partial charge in [0.1, 0.15) is 5.82 Å². The number of ether oxygens (including phenoxy) is 2. The minimum atomic E-state index is -0.372. The van der Waals surface area contributed by atoms with Gasteiger partial charge in [0.15, 0.2) is 0 Å². The quantitative estimate of drug-likeness (QED) is 0.789. The largest absolute Gasteiger partial charge is 0.465 e. The number of hydrogen-bond acceptors (Lipinski definition) is 6. The highest BCUT2D eigenvalue weighted by Crippen LogP contribution is 2.13. The topological polar surface area (TPSA) is 74.2 Å². The van der Waals surface area contributed by atoms with Crippen LogP contribution in [0.1, 0.15) is 28.7 Å². The maximum atomic E-state index is 11.4. The molecule has 6 nitrogen and oxygen atoms in total. The third kappa shape index (κ3) is 4.13. The van der Waals surface area contributed by atoms with Crippen molar-refractivity contribution in [3.8, 4) is 6.01 Å². The van der Waals surface area contributed by atoms with Gasteiger partial charge in [-0.15, -0.1) is 0 Å². The van der Waals surface area contributed by atoms with Gasteiger partial charge in [0.25, 0.3) is 0 Å². The summed E-state index contributed by atoms with van der Waals surface area (Å²) in [6, 6.07) is 7.20. The van der Waals surface area contributed by atoms with Gasteiger partial charge in [0.05, 0.1) is 19.3 Å². The molecule has 0 unspecified atom stereocenters. The van der Waals surface area contributed by atoms with Crippen molar-refractivity contribution >= 4 is 17.6 Å². The Morgan fingerprint density at radius 1 is 1.19 bits per heavy atom. The molecule has 1 aromatic heterocycles. The van der Waals surface area contributed by atoms with Crippen molar-refractivity contribution in [3.63, 3.8) is 0 Å². The fraction of sp³-hybridized carbons (Fsp3) is 0.286. The van der Waals surface area contributed by atoms with E-state index in [1.807, 2.05) is 19.1 Å². The molecule has 0 aliphatic heterocycles. The number of halogens is 1. The van der Waals surface area contributed by atoms with Gasteiger partial charge in [-0.2, -0.15) is 9.97 Å².